The summed E-state index contributed by atoms with van der Waals surface area (Å²) in [5.41, 5.74) is 1.54. The molecule has 0 unspecified atom stereocenters. The van der Waals surface area contributed by atoms with Crippen molar-refractivity contribution in [2.45, 2.75) is 97.8 Å². The fraction of sp³-hybridized carbons (Fsp3) is 0.789. The van der Waals surface area contributed by atoms with E-state index in [1.165, 1.54) is 70.6 Å². The first kappa shape index (κ1) is 18.5. The van der Waals surface area contributed by atoms with E-state index in [0.29, 0.717) is 0 Å². The molecule has 0 aromatic carbocycles. The number of hydrogen-bond acceptors (Lipinski definition) is 0. The van der Waals surface area contributed by atoms with Crippen LogP contribution >= 0.6 is 0 Å². The molecule has 0 nitrogen and oxygen atoms in total. The highest BCUT2D eigenvalue weighted by Crippen LogP contribution is 2.10. The van der Waals surface area contributed by atoms with Gasteiger partial charge < -0.3 is 0 Å². The van der Waals surface area contributed by atoms with E-state index in [1.807, 2.05) is 0 Å². The monoisotopic (exact) mass is 264 g/mol. The molecule has 0 aliphatic rings. The minimum Gasteiger partial charge on any atom is -0.0882 e. The summed E-state index contributed by atoms with van der Waals surface area (Å²) in [4.78, 5) is 0. The van der Waals surface area contributed by atoms with Gasteiger partial charge in [-0.15, -0.1) is 0 Å². The highest BCUT2D eigenvalue weighted by atomic mass is 14.0. The lowest BCUT2D eigenvalue weighted by Crippen LogP contribution is -1.79. The maximum absolute atomic E-state index is 2.44. The number of allylic oxidation sites excluding steroid dienone is 4. The zero-order valence-corrected chi connectivity index (χ0v) is 13.7. The molecule has 0 N–H and O–H groups in total. The van der Waals surface area contributed by atoms with E-state index in [-0.39, 0.29) is 0 Å². The average molecular weight is 264 g/mol. The molecule has 0 saturated heterocycles. The Morgan fingerprint density at radius 1 is 0.684 bits per heavy atom. The summed E-state index contributed by atoms with van der Waals surface area (Å²) >= 11 is 0. The van der Waals surface area contributed by atoms with Gasteiger partial charge in [0.05, 0.1) is 0 Å². The Balaban J connectivity index is 3.39. The second kappa shape index (κ2) is 15.5. The lowest BCUT2D eigenvalue weighted by Gasteiger charge is -1.99. The van der Waals surface area contributed by atoms with Gasteiger partial charge in [0.25, 0.3) is 0 Å². The molecule has 0 amide bonds. The minimum atomic E-state index is 1.15. The van der Waals surface area contributed by atoms with E-state index < -0.39 is 0 Å². The third-order valence-electron chi connectivity index (χ3n) is 3.63. The van der Waals surface area contributed by atoms with Crippen LogP contribution in [0.25, 0.3) is 0 Å². The fourth-order valence-corrected chi connectivity index (χ4v) is 2.26. The topological polar surface area (TPSA) is 0 Å². The SMILES string of the molecule is CCCCC/C=C\C/C(C)=C\CCCCCCCC. The molecule has 0 atom stereocenters. The van der Waals surface area contributed by atoms with E-state index in [1.54, 1.807) is 5.57 Å². The van der Waals surface area contributed by atoms with Crippen molar-refractivity contribution in [3.8, 4) is 0 Å². The van der Waals surface area contributed by atoms with E-state index in [9.17, 15) is 0 Å². The fourth-order valence-electron chi connectivity index (χ4n) is 2.26. The quantitative estimate of drug-likeness (QED) is 0.243. The maximum atomic E-state index is 2.44. The van der Waals surface area contributed by atoms with Crippen LogP contribution < -0.4 is 0 Å². The van der Waals surface area contributed by atoms with Crippen LogP contribution in [-0.2, 0) is 0 Å². The summed E-state index contributed by atoms with van der Waals surface area (Å²) < 4.78 is 0. The van der Waals surface area contributed by atoms with Gasteiger partial charge in [-0.05, 0) is 39.0 Å². The molecule has 0 aromatic rings. The van der Waals surface area contributed by atoms with Crippen LogP contribution in [-0.4, -0.2) is 0 Å². The van der Waals surface area contributed by atoms with Gasteiger partial charge in [-0.2, -0.15) is 0 Å². The molecule has 0 aromatic heterocycles. The zero-order chi connectivity index (χ0) is 14.2. The van der Waals surface area contributed by atoms with Crippen LogP contribution in [0.3, 0.4) is 0 Å². The van der Waals surface area contributed by atoms with Gasteiger partial charge in [-0.1, -0.05) is 82.6 Å². The molecule has 0 bridgehead atoms. The van der Waals surface area contributed by atoms with Crippen molar-refractivity contribution in [1.82, 2.24) is 0 Å². The molecule has 19 heavy (non-hydrogen) atoms. The average Bonchev–Trinajstić information content (AvgIpc) is 2.41. The third kappa shape index (κ3) is 15.4. The van der Waals surface area contributed by atoms with Crippen molar-refractivity contribution in [3.05, 3.63) is 23.8 Å². The Morgan fingerprint density at radius 3 is 2.00 bits per heavy atom. The molecule has 0 aliphatic heterocycles. The van der Waals surface area contributed by atoms with Gasteiger partial charge in [-0.25, -0.2) is 0 Å². The zero-order valence-electron chi connectivity index (χ0n) is 13.7. The molecule has 112 valence electrons. The lowest BCUT2D eigenvalue weighted by atomic mass is 10.1. The second-order valence-corrected chi connectivity index (χ2v) is 5.78. The molecule has 0 aliphatic carbocycles. The third-order valence-corrected chi connectivity index (χ3v) is 3.63. The summed E-state index contributed by atoms with van der Waals surface area (Å²) in [7, 11) is 0. The van der Waals surface area contributed by atoms with Gasteiger partial charge in [0, 0.05) is 0 Å². The van der Waals surface area contributed by atoms with Crippen LogP contribution in [0, 0.1) is 0 Å². The Morgan fingerprint density at radius 2 is 1.26 bits per heavy atom. The van der Waals surface area contributed by atoms with Crippen molar-refractivity contribution < 1.29 is 0 Å². The Labute approximate surface area is 122 Å². The smallest absolute Gasteiger partial charge is 0.0142 e. The Bertz CT molecular complexity index is 222. The maximum Gasteiger partial charge on any atom is -0.0142 e. The summed E-state index contributed by atoms with van der Waals surface area (Å²) in [6.07, 6.45) is 23.3. The second-order valence-electron chi connectivity index (χ2n) is 5.78. The highest BCUT2D eigenvalue weighted by molar-refractivity contribution is 5.04. The van der Waals surface area contributed by atoms with Crippen LogP contribution in [0.1, 0.15) is 97.8 Å². The summed E-state index contributed by atoms with van der Waals surface area (Å²) in [6, 6.07) is 0. The van der Waals surface area contributed by atoms with Gasteiger partial charge in [0.15, 0.2) is 0 Å². The first-order valence-electron chi connectivity index (χ1n) is 8.61. The van der Waals surface area contributed by atoms with E-state index >= 15 is 0 Å². The van der Waals surface area contributed by atoms with Crippen molar-refractivity contribution >= 4 is 0 Å². The van der Waals surface area contributed by atoms with Gasteiger partial charge in [-0.3, -0.25) is 0 Å². The summed E-state index contributed by atoms with van der Waals surface area (Å²) in [5, 5.41) is 0. The molecule has 0 heterocycles. The van der Waals surface area contributed by atoms with Gasteiger partial charge in [0.2, 0.25) is 0 Å². The van der Waals surface area contributed by atoms with E-state index in [0.717, 1.165) is 6.42 Å². The number of hydrogen-bond donors (Lipinski definition) is 0. The van der Waals surface area contributed by atoms with E-state index in [4.69, 9.17) is 0 Å². The van der Waals surface area contributed by atoms with Crippen molar-refractivity contribution in [1.29, 1.82) is 0 Å². The predicted octanol–water partition coefficient (Wildman–Crippen LogP) is 7.21. The highest BCUT2D eigenvalue weighted by Gasteiger charge is 1.90. The Hall–Kier alpha value is -0.520. The van der Waals surface area contributed by atoms with Crippen LogP contribution in [0.15, 0.2) is 23.8 Å². The molecular formula is C19H36. The van der Waals surface area contributed by atoms with Crippen molar-refractivity contribution in [2.75, 3.05) is 0 Å². The summed E-state index contributed by atoms with van der Waals surface area (Å²) in [5.74, 6) is 0. The van der Waals surface area contributed by atoms with Crippen LogP contribution in [0.4, 0.5) is 0 Å². The number of rotatable bonds is 13. The Kier molecular flexibility index (Phi) is 15.1. The van der Waals surface area contributed by atoms with Crippen molar-refractivity contribution in [2.24, 2.45) is 0 Å². The molecule has 0 saturated carbocycles. The minimum absolute atomic E-state index is 1.15. The first-order chi connectivity index (χ1) is 9.31. The molecule has 0 fully saturated rings. The first-order valence-corrected chi connectivity index (χ1v) is 8.61. The molecule has 0 spiro atoms. The van der Waals surface area contributed by atoms with Gasteiger partial charge in [0.1, 0.15) is 0 Å². The molecular weight excluding hydrogens is 228 g/mol. The number of unbranched alkanes of at least 4 members (excludes halogenated alkanes) is 9. The van der Waals surface area contributed by atoms with E-state index in [2.05, 4.69) is 39.0 Å². The standard InChI is InChI=1S/C19H36/c1-4-6-8-10-12-14-16-18-19(3)17-15-13-11-9-7-5-2/h13,15,18H,4-12,14,16-17H2,1-3H3/b15-13-,19-18-. The summed E-state index contributed by atoms with van der Waals surface area (Å²) in [6.45, 7) is 6.81. The molecule has 0 rings (SSSR count). The lowest BCUT2D eigenvalue weighted by molar-refractivity contribution is 0.610. The van der Waals surface area contributed by atoms with Crippen molar-refractivity contribution in [3.63, 3.8) is 0 Å². The normalized spacial score (nSPS) is 12.5. The predicted molar refractivity (Wildman–Crippen MR) is 89.6 cm³/mol. The molecule has 0 heteroatoms. The largest absolute Gasteiger partial charge is 0.0882 e. The van der Waals surface area contributed by atoms with Crippen LogP contribution in [0.2, 0.25) is 0 Å². The van der Waals surface area contributed by atoms with Gasteiger partial charge >= 0.3 is 0 Å². The molecule has 0 radical (unpaired) electrons. The van der Waals surface area contributed by atoms with Crippen LogP contribution in [0.5, 0.6) is 0 Å².